The van der Waals surface area contributed by atoms with Crippen molar-refractivity contribution in [2.24, 2.45) is 22.2 Å². The van der Waals surface area contributed by atoms with Crippen LogP contribution in [0, 0.1) is 5.82 Å². The van der Waals surface area contributed by atoms with Gasteiger partial charge in [-0.1, -0.05) is 12.1 Å². The average molecular weight is 661 g/mol. The maximum absolute atomic E-state index is 15.4. The third-order valence-electron chi connectivity index (χ3n) is 7.54. The summed E-state index contributed by atoms with van der Waals surface area (Å²) in [5, 5.41) is 13.1. The molecule has 0 aliphatic heterocycles. The summed E-state index contributed by atoms with van der Waals surface area (Å²) in [5.41, 5.74) is 18.2. The van der Waals surface area contributed by atoms with Gasteiger partial charge in [-0.05, 0) is 87.4 Å². The standard InChI is InChI=1S/C32H40F4N8O3/c1-18(37)4-3-5-21-13-25(28(33)27(14-21)47-32(34,35)36)26-15-22-17-44(31(46)43-29(22)42-26)24-8-6-20(7-9-24)16-40-19(2)12-23(10-11-45)41-30(38)39/h6-9,13-15,17-19,23,40,45H,3-5,10-12,16,37H2,1-2H3,(H4,38,39,41)(H,42,43,46)/t18-,19+,23-/m0/s1. The van der Waals surface area contributed by atoms with E-state index in [1.807, 2.05) is 26.0 Å². The molecule has 2 heterocycles. The zero-order valence-electron chi connectivity index (χ0n) is 26.1. The van der Waals surface area contributed by atoms with E-state index in [0.29, 0.717) is 55.3 Å². The van der Waals surface area contributed by atoms with Crippen LogP contribution in [0.15, 0.2) is 58.4 Å². The fraction of sp³-hybridized carbons (Fsp3) is 0.406. The van der Waals surface area contributed by atoms with Gasteiger partial charge in [0.05, 0.1) is 17.4 Å². The molecular weight excluding hydrogens is 620 g/mol. The lowest BCUT2D eigenvalue weighted by Crippen LogP contribution is -2.32. The van der Waals surface area contributed by atoms with E-state index in [4.69, 9.17) is 17.2 Å². The second-order valence-electron chi connectivity index (χ2n) is 11.7. The number of benzene rings is 2. The summed E-state index contributed by atoms with van der Waals surface area (Å²) in [4.78, 5) is 24.1. The van der Waals surface area contributed by atoms with Gasteiger partial charge in [-0.15, -0.1) is 13.2 Å². The molecule has 3 atom stereocenters. The van der Waals surface area contributed by atoms with Crippen LogP contribution in [0.25, 0.3) is 28.0 Å². The molecule has 0 aliphatic rings. The zero-order chi connectivity index (χ0) is 34.3. The second-order valence-corrected chi connectivity index (χ2v) is 11.7. The molecule has 2 aromatic heterocycles. The van der Waals surface area contributed by atoms with E-state index in [9.17, 15) is 23.1 Å². The third kappa shape index (κ3) is 10.0. The van der Waals surface area contributed by atoms with E-state index in [-0.39, 0.29) is 47.6 Å². The summed E-state index contributed by atoms with van der Waals surface area (Å²) in [6, 6.07) is 11.0. The van der Waals surface area contributed by atoms with Crippen LogP contribution in [0.3, 0.4) is 0 Å². The van der Waals surface area contributed by atoms with Gasteiger partial charge in [0.1, 0.15) is 5.65 Å². The number of hydrogen-bond donors (Lipinski definition) is 6. The highest BCUT2D eigenvalue weighted by Gasteiger charge is 2.33. The van der Waals surface area contributed by atoms with Gasteiger partial charge in [-0.3, -0.25) is 9.56 Å². The quantitative estimate of drug-likeness (QED) is 0.0629. The summed E-state index contributed by atoms with van der Waals surface area (Å²) in [6.45, 7) is 4.31. The SMILES string of the molecule is C[C@H](N)CCCc1cc(OC(F)(F)F)c(F)c(-c2cc3cn(-c4ccc(CN[C@H](C)C[C@H](CCO)N=C(N)N)cc4)c(=O)nc3[nH]2)c1. The number of nitrogens with zero attached hydrogens (tertiary/aromatic N) is 3. The predicted octanol–water partition coefficient (Wildman–Crippen LogP) is 3.98. The van der Waals surface area contributed by atoms with Crippen molar-refractivity contribution >= 4 is 17.0 Å². The molecule has 0 spiro atoms. The largest absolute Gasteiger partial charge is 0.573 e. The third-order valence-corrected chi connectivity index (χ3v) is 7.54. The van der Waals surface area contributed by atoms with Gasteiger partial charge in [0.15, 0.2) is 17.5 Å². The van der Waals surface area contributed by atoms with Crippen LogP contribution in [0.5, 0.6) is 5.75 Å². The number of aliphatic imine (C=N–C) groups is 1. The number of aromatic nitrogens is 3. The molecular formula is C32H40F4N8O3. The highest BCUT2D eigenvalue weighted by molar-refractivity contribution is 5.83. The molecule has 15 heteroatoms. The molecule has 0 amide bonds. The molecule has 11 nitrogen and oxygen atoms in total. The number of rotatable bonds is 15. The van der Waals surface area contributed by atoms with Gasteiger partial charge in [0.25, 0.3) is 0 Å². The van der Waals surface area contributed by atoms with Crippen molar-refractivity contribution in [3.63, 3.8) is 0 Å². The monoisotopic (exact) mass is 660 g/mol. The smallest absolute Gasteiger partial charge is 0.403 e. The number of ether oxygens (including phenoxy) is 1. The topological polar surface area (TPSA) is 183 Å². The van der Waals surface area contributed by atoms with E-state index in [2.05, 4.69) is 25.0 Å². The Labute approximate surface area is 268 Å². The molecule has 4 aromatic rings. The van der Waals surface area contributed by atoms with E-state index >= 15 is 4.39 Å². The lowest BCUT2D eigenvalue weighted by molar-refractivity contribution is -0.275. The van der Waals surface area contributed by atoms with Gasteiger partial charge in [0, 0.05) is 42.4 Å². The number of aryl methyl sites for hydroxylation is 1. The van der Waals surface area contributed by atoms with Gasteiger partial charge < -0.3 is 37.3 Å². The van der Waals surface area contributed by atoms with Crippen LogP contribution in [0.1, 0.15) is 50.7 Å². The first-order valence-corrected chi connectivity index (χ1v) is 15.2. The van der Waals surface area contributed by atoms with Crippen LogP contribution in [0.4, 0.5) is 17.6 Å². The molecule has 0 fully saturated rings. The van der Waals surface area contributed by atoms with E-state index < -0.39 is 23.6 Å². The number of H-pyrrole nitrogens is 1. The summed E-state index contributed by atoms with van der Waals surface area (Å²) < 4.78 is 60.0. The molecule has 0 aliphatic carbocycles. The zero-order valence-corrected chi connectivity index (χ0v) is 26.1. The van der Waals surface area contributed by atoms with Gasteiger partial charge in [-0.2, -0.15) is 4.98 Å². The van der Waals surface area contributed by atoms with Crippen molar-refractivity contribution < 1.29 is 27.4 Å². The highest BCUT2D eigenvalue weighted by atomic mass is 19.4. The number of nitrogens with two attached hydrogens (primary N) is 3. The van der Waals surface area contributed by atoms with Crippen molar-refractivity contribution in [3.05, 3.63) is 76.1 Å². The lowest BCUT2D eigenvalue weighted by atomic mass is 10.0. The summed E-state index contributed by atoms with van der Waals surface area (Å²) in [6.07, 6.45) is -0.919. The number of alkyl halides is 3. The predicted molar refractivity (Wildman–Crippen MR) is 173 cm³/mol. The van der Waals surface area contributed by atoms with Crippen LogP contribution in [-0.2, 0) is 13.0 Å². The minimum absolute atomic E-state index is 0.0279. The van der Waals surface area contributed by atoms with E-state index in [0.717, 1.165) is 11.6 Å². The Balaban J connectivity index is 1.55. The number of hydrogen-bond acceptors (Lipinski definition) is 7. The maximum atomic E-state index is 15.4. The minimum Gasteiger partial charge on any atom is -0.403 e. The number of aliphatic hydroxyl groups excluding tert-OH is 1. The number of guanidine groups is 1. The molecule has 0 radical (unpaired) electrons. The highest BCUT2D eigenvalue weighted by Crippen LogP contribution is 2.35. The lowest BCUT2D eigenvalue weighted by Gasteiger charge is -2.19. The van der Waals surface area contributed by atoms with Gasteiger partial charge >= 0.3 is 12.1 Å². The van der Waals surface area contributed by atoms with Gasteiger partial charge in [0.2, 0.25) is 0 Å². The Bertz CT molecular complexity index is 1730. The summed E-state index contributed by atoms with van der Waals surface area (Å²) in [5.74, 6) is -2.17. The van der Waals surface area contributed by atoms with Crippen LogP contribution in [-0.4, -0.2) is 56.7 Å². The maximum Gasteiger partial charge on any atom is 0.573 e. The molecule has 0 bridgehead atoms. The number of nitrogens with one attached hydrogen (secondary N) is 2. The minimum atomic E-state index is -5.09. The molecule has 0 unspecified atom stereocenters. The van der Waals surface area contributed by atoms with Crippen molar-refractivity contribution in [2.45, 2.75) is 77.0 Å². The summed E-state index contributed by atoms with van der Waals surface area (Å²) >= 11 is 0. The van der Waals surface area contributed by atoms with Crippen molar-refractivity contribution in [2.75, 3.05) is 6.61 Å². The first-order chi connectivity index (χ1) is 22.2. The molecule has 2 aromatic carbocycles. The Morgan fingerprint density at radius 3 is 2.49 bits per heavy atom. The fourth-order valence-corrected chi connectivity index (χ4v) is 5.30. The van der Waals surface area contributed by atoms with Crippen LogP contribution >= 0.6 is 0 Å². The van der Waals surface area contributed by atoms with Crippen molar-refractivity contribution in [1.29, 1.82) is 0 Å². The summed E-state index contributed by atoms with van der Waals surface area (Å²) in [7, 11) is 0. The second kappa shape index (κ2) is 15.4. The average Bonchev–Trinajstić information content (AvgIpc) is 3.39. The Hall–Kier alpha value is -4.47. The van der Waals surface area contributed by atoms with Crippen LogP contribution in [0.2, 0.25) is 0 Å². The number of aliphatic hydroxyl groups is 1. The normalized spacial score (nSPS) is 13.8. The molecule has 47 heavy (non-hydrogen) atoms. The first-order valence-electron chi connectivity index (χ1n) is 15.2. The number of halogens is 4. The number of fused-ring (bicyclic) bond motifs is 1. The fourth-order valence-electron chi connectivity index (χ4n) is 5.30. The van der Waals surface area contributed by atoms with E-state index in [1.165, 1.54) is 22.9 Å². The first kappa shape index (κ1) is 35.4. The molecule has 4 rings (SSSR count). The number of aromatic amines is 1. The van der Waals surface area contributed by atoms with Crippen molar-refractivity contribution in [1.82, 2.24) is 19.9 Å². The molecule has 9 N–H and O–H groups in total. The Morgan fingerprint density at radius 2 is 1.85 bits per heavy atom. The Morgan fingerprint density at radius 1 is 1.13 bits per heavy atom. The molecule has 0 saturated heterocycles. The van der Waals surface area contributed by atoms with E-state index in [1.54, 1.807) is 12.1 Å². The van der Waals surface area contributed by atoms with Crippen LogP contribution < -0.4 is 32.9 Å². The van der Waals surface area contributed by atoms with Crippen molar-refractivity contribution in [3.8, 4) is 22.7 Å². The Kier molecular flexibility index (Phi) is 11.6. The molecule has 254 valence electrons. The molecule has 0 saturated carbocycles. The van der Waals surface area contributed by atoms with Gasteiger partial charge in [-0.25, -0.2) is 9.18 Å².